The zero-order valence-corrected chi connectivity index (χ0v) is 15.0. The Morgan fingerprint density at radius 1 is 1.00 bits per heavy atom. The average Bonchev–Trinajstić information content (AvgIpc) is 2.88. The Labute approximate surface area is 156 Å². The molecule has 0 saturated carbocycles. The lowest BCUT2D eigenvalue weighted by Crippen LogP contribution is -2.45. The van der Waals surface area contributed by atoms with Crippen molar-refractivity contribution in [3.63, 3.8) is 0 Å². The molecule has 4 rings (SSSR count). The van der Waals surface area contributed by atoms with Crippen molar-refractivity contribution in [3.8, 4) is 0 Å². The normalized spacial score (nSPS) is 19.1. The highest BCUT2D eigenvalue weighted by atomic mass is 35.5. The Morgan fingerprint density at radius 3 is 2.52 bits per heavy atom. The molecule has 25 heavy (non-hydrogen) atoms. The van der Waals surface area contributed by atoms with Crippen molar-refractivity contribution in [3.05, 3.63) is 94.1 Å². The molecule has 0 amide bonds. The number of nitrogens with zero attached hydrogens (tertiary/aromatic N) is 2. The first-order chi connectivity index (χ1) is 12.1. The largest absolute Gasteiger partial charge is 0.346 e. The predicted molar refractivity (Wildman–Crippen MR) is 99.6 cm³/mol. The molecule has 2 heterocycles. The van der Waals surface area contributed by atoms with Gasteiger partial charge in [-0.1, -0.05) is 59.6 Å². The van der Waals surface area contributed by atoms with Crippen molar-refractivity contribution in [1.29, 1.82) is 0 Å². The summed E-state index contributed by atoms with van der Waals surface area (Å²) in [7, 11) is 0. The van der Waals surface area contributed by atoms with Gasteiger partial charge in [-0.25, -0.2) is 9.47 Å². The maximum atomic E-state index is 11.7. The van der Waals surface area contributed by atoms with Crippen molar-refractivity contribution in [2.24, 2.45) is 0 Å². The van der Waals surface area contributed by atoms with E-state index in [1.54, 1.807) is 18.2 Å². The van der Waals surface area contributed by atoms with E-state index in [0.29, 0.717) is 28.7 Å². The van der Waals surface area contributed by atoms with Crippen LogP contribution in [0.4, 0.5) is 5.82 Å². The van der Waals surface area contributed by atoms with Crippen molar-refractivity contribution >= 4 is 29.0 Å². The van der Waals surface area contributed by atoms with Gasteiger partial charge in [0.25, 0.3) is 11.5 Å². The topological polar surface area (TPSA) is 27.4 Å². The lowest BCUT2D eigenvalue weighted by atomic mass is 10.0. The van der Waals surface area contributed by atoms with Gasteiger partial charge in [-0.05, 0) is 29.8 Å². The molecule has 3 nitrogen and oxygen atoms in total. The number of hydrogen-bond acceptors (Lipinski definition) is 2. The van der Waals surface area contributed by atoms with Gasteiger partial charge in [0, 0.05) is 11.1 Å². The lowest BCUT2D eigenvalue weighted by Gasteiger charge is -2.28. The highest BCUT2D eigenvalue weighted by Crippen LogP contribution is 2.39. The van der Waals surface area contributed by atoms with Crippen molar-refractivity contribution in [1.82, 2.24) is 0 Å². The fourth-order valence-electron chi connectivity index (χ4n) is 3.38. The molecular weight excluding hydrogens is 355 g/mol. The van der Waals surface area contributed by atoms with Crippen LogP contribution in [0.25, 0.3) is 0 Å². The summed E-state index contributed by atoms with van der Waals surface area (Å²) in [5.74, 6) is 0.944. The molecule has 1 atom stereocenters. The van der Waals surface area contributed by atoms with E-state index in [0.717, 1.165) is 11.4 Å². The number of fused-ring (bicyclic) bond motifs is 1. The molecule has 0 bridgehead atoms. The van der Waals surface area contributed by atoms with Gasteiger partial charge in [0.1, 0.15) is 6.54 Å². The second-order valence-corrected chi connectivity index (χ2v) is 7.04. The number of halogens is 2. The summed E-state index contributed by atoms with van der Waals surface area (Å²) in [4.78, 5) is 1.98. The summed E-state index contributed by atoms with van der Waals surface area (Å²) in [5.41, 5.74) is 0.521. The number of anilines is 1. The van der Waals surface area contributed by atoms with Gasteiger partial charge in [0.15, 0.2) is 6.54 Å². The Hall–Kier alpha value is -2.07. The van der Waals surface area contributed by atoms with Crippen molar-refractivity contribution in [2.45, 2.75) is 18.8 Å². The first-order valence-corrected chi connectivity index (χ1v) is 8.81. The quantitative estimate of drug-likeness (QED) is 0.700. The molecule has 3 aromatic rings. The third-order valence-electron chi connectivity index (χ3n) is 4.58. The Balaban J connectivity index is 1.83. The Bertz CT molecular complexity index is 917. The fraction of sp³-hybridized carbons (Fsp3) is 0.150. The SMILES string of the molecule is OC1(c2ccc(Cl)cc2Cl)C[n+]2ccccc2N1Cc1ccccc1. The molecule has 1 aromatic heterocycles. The molecule has 1 aliphatic heterocycles. The Kier molecular flexibility index (Phi) is 4.16. The maximum absolute atomic E-state index is 11.7. The second kappa shape index (κ2) is 6.34. The standard InChI is InChI=1S/C20H17Cl2N2O/c21-16-9-10-17(18(22)12-16)20(25)14-23-11-5-4-8-19(23)24(20)13-15-6-2-1-3-7-15/h1-12,25H,13-14H2/q+1. The molecule has 1 aliphatic rings. The van der Waals surface area contributed by atoms with E-state index in [-0.39, 0.29) is 0 Å². The lowest BCUT2D eigenvalue weighted by molar-refractivity contribution is -0.683. The van der Waals surface area contributed by atoms with E-state index in [1.165, 1.54) is 0 Å². The molecule has 0 radical (unpaired) electrons. The van der Waals surface area contributed by atoms with Crippen LogP contribution in [0, 0.1) is 0 Å². The second-order valence-electron chi connectivity index (χ2n) is 6.20. The summed E-state index contributed by atoms with van der Waals surface area (Å²) in [6.45, 7) is 0.970. The molecule has 0 spiro atoms. The number of hydrogen-bond donors (Lipinski definition) is 1. The molecule has 5 heteroatoms. The summed E-state index contributed by atoms with van der Waals surface area (Å²) in [6.07, 6.45) is 1.97. The van der Waals surface area contributed by atoms with Crippen LogP contribution in [0.5, 0.6) is 0 Å². The minimum atomic E-state index is -1.24. The third-order valence-corrected chi connectivity index (χ3v) is 5.12. The van der Waals surface area contributed by atoms with E-state index in [4.69, 9.17) is 23.2 Å². The average molecular weight is 372 g/mol. The molecule has 1 N–H and O–H groups in total. The highest BCUT2D eigenvalue weighted by Gasteiger charge is 2.52. The smallest absolute Gasteiger partial charge is 0.279 e. The van der Waals surface area contributed by atoms with Gasteiger partial charge < -0.3 is 5.11 Å². The number of aliphatic hydroxyl groups is 1. The number of benzene rings is 2. The van der Waals surface area contributed by atoms with Gasteiger partial charge in [0.05, 0.1) is 16.8 Å². The van der Waals surface area contributed by atoms with Crippen LogP contribution < -0.4 is 9.47 Å². The van der Waals surface area contributed by atoms with Crippen LogP contribution in [0.15, 0.2) is 72.9 Å². The first kappa shape index (κ1) is 16.4. The van der Waals surface area contributed by atoms with Gasteiger partial charge in [-0.3, -0.25) is 0 Å². The van der Waals surface area contributed by atoms with E-state index >= 15 is 0 Å². The molecule has 0 aliphatic carbocycles. The first-order valence-electron chi connectivity index (χ1n) is 8.06. The van der Waals surface area contributed by atoms with Crippen LogP contribution in [0.1, 0.15) is 11.1 Å². The molecule has 2 aromatic carbocycles. The van der Waals surface area contributed by atoms with Crippen LogP contribution in [0.2, 0.25) is 10.0 Å². The zero-order valence-electron chi connectivity index (χ0n) is 13.4. The fourth-order valence-corrected chi connectivity index (χ4v) is 3.94. The number of rotatable bonds is 3. The van der Waals surface area contributed by atoms with Crippen molar-refractivity contribution < 1.29 is 9.67 Å². The van der Waals surface area contributed by atoms with Crippen LogP contribution >= 0.6 is 23.2 Å². The molecule has 1 unspecified atom stereocenters. The van der Waals surface area contributed by atoms with E-state index in [1.807, 2.05) is 52.1 Å². The molecule has 0 saturated heterocycles. The number of pyridine rings is 1. The summed E-state index contributed by atoms with van der Waals surface area (Å²) >= 11 is 12.5. The van der Waals surface area contributed by atoms with E-state index in [9.17, 15) is 5.11 Å². The van der Waals surface area contributed by atoms with Crippen LogP contribution in [0.3, 0.4) is 0 Å². The monoisotopic (exact) mass is 371 g/mol. The Morgan fingerprint density at radius 2 is 1.76 bits per heavy atom. The van der Waals surface area contributed by atoms with Gasteiger partial charge in [-0.2, -0.15) is 0 Å². The zero-order chi connectivity index (χ0) is 17.4. The molecule has 0 fully saturated rings. The molecular formula is C20H17Cl2N2O+. The van der Waals surface area contributed by atoms with Crippen molar-refractivity contribution in [2.75, 3.05) is 4.90 Å². The summed E-state index contributed by atoms with van der Waals surface area (Å²) in [6, 6.07) is 21.2. The summed E-state index contributed by atoms with van der Waals surface area (Å²) in [5, 5.41) is 12.7. The van der Waals surface area contributed by atoms with E-state index in [2.05, 4.69) is 12.1 Å². The molecule has 126 valence electrons. The minimum Gasteiger partial charge on any atom is -0.346 e. The van der Waals surface area contributed by atoms with Gasteiger partial charge in [-0.15, -0.1) is 0 Å². The summed E-state index contributed by atoms with van der Waals surface area (Å²) < 4.78 is 2.04. The number of aromatic nitrogens is 1. The van der Waals surface area contributed by atoms with E-state index < -0.39 is 5.72 Å². The maximum Gasteiger partial charge on any atom is 0.279 e. The highest BCUT2D eigenvalue weighted by molar-refractivity contribution is 6.35. The van der Waals surface area contributed by atoms with Gasteiger partial charge in [0.2, 0.25) is 0 Å². The van der Waals surface area contributed by atoms with Gasteiger partial charge >= 0.3 is 0 Å². The third kappa shape index (κ3) is 2.89. The predicted octanol–water partition coefficient (Wildman–Crippen LogP) is 4.15. The minimum absolute atomic E-state index is 0.400. The van der Waals surface area contributed by atoms with Crippen LogP contribution in [-0.2, 0) is 18.8 Å². The van der Waals surface area contributed by atoms with Crippen LogP contribution in [-0.4, -0.2) is 5.11 Å².